The number of hydrogen-bond acceptors (Lipinski definition) is 6. The summed E-state index contributed by atoms with van der Waals surface area (Å²) in [4.78, 5) is 20.0. The van der Waals surface area contributed by atoms with Crippen molar-refractivity contribution < 1.29 is 18.7 Å². The number of nitrogens with zero attached hydrogens (tertiary/aromatic N) is 2. The first-order valence-electron chi connectivity index (χ1n) is 9.41. The van der Waals surface area contributed by atoms with Crippen molar-refractivity contribution in [3.63, 3.8) is 0 Å². The molecule has 0 saturated heterocycles. The summed E-state index contributed by atoms with van der Waals surface area (Å²) in [5.41, 5.74) is 8.42. The molecule has 0 bridgehead atoms. The first kappa shape index (κ1) is 21.7. The Morgan fingerprint density at radius 1 is 1.23 bits per heavy atom. The Hall–Kier alpha value is -3.03. The number of hydrogen-bond donors (Lipinski definition) is 1. The Labute approximate surface area is 178 Å². The van der Waals surface area contributed by atoms with Crippen molar-refractivity contribution in [2.45, 2.75) is 25.8 Å². The maximum Gasteiger partial charge on any atom is 0.307 e. The Kier molecular flexibility index (Phi) is 7.32. The van der Waals surface area contributed by atoms with Gasteiger partial charge in [-0.3, -0.25) is 9.78 Å². The van der Waals surface area contributed by atoms with Crippen LogP contribution in [0.4, 0.5) is 4.39 Å². The van der Waals surface area contributed by atoms with Crippen LogP contribution in [-0.4, -0.2) is 28.6 Å². The summed E-state index contributed by atoms with van der Waals surface area (Å²) in [6.45, 7) is 2.09. The van der Waals surface area contributed by atoms with Gasteiger partial charge in [0.2, 0.25) is 0 Å². The topological polar surface area (TPSA) is 87.3 Å². The third kappa shape index (κ3) is 5.98. The molecule has 0 saturated carbocycles. The van der Waals surface area contributed by atoms with Gasteiger partial charge in [0.1, 0.15) is 5.75 Å². The number of carbonyl (C=O) groups excluding carboxylic acids is 1. The summed E-state index contributed by atoms with van der Waals surface area (Å²) in [5.74, 6) is -0.675. The molecular weight excluding hydrogens is 409 g/mol. The quantitative estimate of drug-likeness (QED) is 0.528. The van der Waals surface area contributed by atoms with E-state index < -0.39 is 5.82 Å². The average molecular weight is 430 g/mol. The molecule has 0 aliphatic heterocycles. The zero-order valence-corrected chi connectivity index (χ0v) is 17.1. The second-order valence-corrected chi connectivity index (χ2v) is 6.99. The Morgan fingerprint density at radius 3 is 2.70 bits per heavy atom. The molecule has 1 atom stereocenters. The Morgan fingerprint density at radius 2 is 2.00 bits per heavy atom. The standard InChI is InChI=1S/C22H21ClFN3O3/c1-2-29-21(28)12-16(25)11-17-4-3-5-20(27-17)14-6-8-18(9-7-14)30-22-19(24)10-15(23)13-26-22/h3-10,13,16H,2,11-12,25H2,1H3. The predicted octanol–water partition coefficient (Wildman–Crippen LogP) is 4.55. The van der Waals surface area contributed by atoms with Crippen molar-refractivity contribution in [1.29, 1.82) is 0 Å². The molecule has 1 aromatic carbocycles. The van der Waals surface area contributed by atoms with E-state index in [1.54, 1.807) is 19.1 Å². The van der Waals surface area contributed by atoms with Crippen LogP contribution in [0.3, 0.4) is 0 Å². The third-order valence-electron chi connectivity index (χ3n) is 4.15. The van der Waals surface area contributed by atoms with Gasteiger partial charge in [0.25, 0.3) is 5.88 Å². The van der Waals surface area contributed by atoms with Crippen LogP contribution in [0.25, 0.3) is 11.3 Å². The molecule has 2 N–H and O–H groups in total. The van der Waals surface area contributed by atoms with E-state index >= 15 is 0 Å². The van der Waals surface area contributed by atoms with Gasteiger partial charge < -0.3 is 15.2 Å². The van der Waals surface area contributed by atoms with E-state index in [0.717, 1.165) is 23.0 Å². The number of ether oxygens (including phenoxy) is 2. The molecule has 0 aliphatic carbocycles. The number of rotatable bonds is 8. The number of pyridine rings is 2. The molecule has 156 valence electrons. The molecule has 1 unspecified atom stereocenters. The van der Waals surface area contributed by atoms with Gasteiger partial charge in [0, 0.05) is 29.9 Å². The van der Waals surface area contributed by atoms with E-state index in [0.29, 0.717) is 18.8 Å². The minimum absolute atomic E-state index is 0.140. The van der Waals surface area contributed by atoms with E-state index in [-0.39, 0.29) is 29.3 Å². The van der Waals surface area contributed by atoms with Gasteiger partial charge >= 0.3 is 5.97 Å². The highest BCUT2D eigenvalue weighted by molar-refractivity contribution is 6.30. The van der Waals surface area contributed by atoms with Crippen LogP contribution in [0.15, 0.2) is 54.7 Å². The molecule has 0 fully saturated rings. The Bertz CT molecular complexity index is 1010. The van der Waals surface area contributed by atoms with E-state index in [2.05, 4.69) is 9.97 Å². The lowest BCUT2D eigenvalue weighted by Gasteiger charge is -2.11. The van der Waals surface area contributed by atoms with E-state index in [1.807, 2.05) is 30.3 Å². The van der Waals surface area contributed by atoms with E-state index in [1.165, 1.54) is 6.20 Å². The summed E-state index contributed by atoms with van der Waals surface area (Å²) in [6, 6.07) is 13.4. The van der Waals surface area contributed by atoms with Gasteiger partial charge in [-0.05, 0) is 49.4 Å². The molecule has 2 heterocycles. The minimum Gasteiger partial charge on any atom is -0.466 e. The van der Waals surface area contributed by atoms with Crippen LogP contribution < -0.4 is 10.5 Å². The zero-order chi connectivity index (χ0) is 21.5. The van der Waals surface area contributed by atoms with Gasteiger partial charge in [-0.25, -0.2) is 9.37 Å². The lowest BCUT2D eigenvalue weighted by atomic mass is 10.1. The van der Waals surface area contributed by atoms with Crippen LogP contribution in [0.1, 0.15) is 19.0 Å². The molecule has 8 heteroatoms. The van der Waals surface area contributed by atoms with Crippen LogP contribution in [0.2, 0.25) is 5.02 Å². The van der Waals surface area contributed by atoms with Crippen molar-refractivity contribution in [1.82, 2.24) is 9.97 Å². The maximum atomic E-state index is 13.8. The van der Waals surface area contributed by atoms with Crippen molar-refractivity contribution in [3.8, 4) is 22.9 Å². The first-order chi connectivity index (χ1) is 14.4. The fourth-order valence-electron chi connectivity index (χ4n) is 2.81. The zero-order valence-electron chi connectivity index (χ0n) is 16.3. The van der Waals surface area contributed by atoms with E-state index in [9.17, 15) is 9.18 Å². The molecule has 3 aromatic rings. The monoisotopic (exact) mass is 429 g/mol. The molecule has 0 amide bonds. The summed E-state index contributed by atoms with van der Waals surface area (Å²) in [6.07, 6.45) is 1.91. The number of halogens is 2. The SMILES string of the molecule is CCOC(=O)CC(N)Cc1cccc(-c2ccc(Oc3ncc(Cl)cc3F)cc2)n1. The minimum atomic E-state index is -0.639. The number of aromatic nitrogens is 2. The predicted molar refractivity (Wildman–Crippen MR) is 112 cm³/mol. The fraction of sp³-hybridized carbons (Fsp3) is 0.227. The highest BCUT2D eigenvalue weighted by Gasteiger charge is 2.13. The number of nitrogens with two attached hydrogens (primary N) is 1. The second-order valence-electron chi connectivity index (χ2n) is 6.55. The van der Waals surface area contributed by atoms with Gasteiger partial charge in [-0.2, -0.15) is 0 Å². The second kappa shape index (κ2) is 10.1. The van der Waals surface area contributed by atoms with Gasteiger partial charge in [0.05, 0.1) is 23.7 Å². The van der Waals surface area contributed by atoms with Crippen LogP contribution in [-0.2, 0) is 16.0 Å². The van der Waals surface area contributed by atoms with Crippen molar-refractivity contribution in [3.05, 3.63) is 71.3 Å². The molecule has 0 spiro atoms. The molecule has 6 nitrogen and oxygen atoms in total. The molecule has 2 aromatic heterocycles. The van der Waals surface area contributed by atoms with Crippen molar-refractivity contribution >= 4 is 17.6 Å². The summed E-state index contributed by atoms with van der Waals surface area (Å²) in [5, 5.41) is 0.197. The summed E-state index contributed by atoms with van der Waals surface area (Å²) < 4.78 is 24.2. The van der Waals surface area contributed by atoms with Gasteiger partial charge in [-0.1, -0.05) is 17.7 Å². The van der Waals surface area contributed by atoms with Crippen molar-refractivity contribution in [2.75, 3.05) is 6.61 Å². The number of esters is 1. The number of carbonyl (C=O) groups is 1. The molecule has 0 radical (unpaired) electrons. The maximum absolute atomic E-state index is 13.8. The lowest BCUT2D eigenvalue weighted by molar-refractivity contribution is -0.143. The molecule has 0 aliphatic rings. The van der Waals surface area contributed by atoms with Gasteiger partial charge in [0.15, 0.2) is 5.82 Å². The molecule has 30 heavy (non-hydrogen) atoms. The first-order valence-corrected chi connectivity index (χ1v) is 9.79. The third-order valence-corrected chi connectivity index (χ3v) is 4.36. The van der Waals surface area contributed by atoms with Crippen LogP contribution >= 0.6 is 11.6 Å². The van der Waals surface area contributed by atoms with Gasteiger partial charge in [-0.15, -0.1) is 0 Å². The highest BCUT2D eigenvalue weighted by atomic mass is 35.5. The van der Waals surface area contributed by atoms with Crippen LogP contribution in [0, 0.1) is 5.82 Å². The summed E-state index contributed by atoms with van der Waals surface area (Å²) in [7, 11) is 0. The average Bonchev–Trinajstić information content (AvgIpc) is 2.71. The fourth-order valence-corrected chi connectivity index (χ4v) is 2.96. The molecule has 3 rings (SSSR count). The van der Waals surface area contributed by atoms with E-state index in [4.69, 9.17) is 26.8 Å². The van der Waals surface area contributed by atoms with Crippen molar-refractivity contribution in [2.24, 2.45) is 5.73 Å². The van der Waals surface area contributed by atoms with Crippen LogP contribution in [0.5, 0.6) is 11.6 Å². The Balaban J connectivity index is 1.67. The normalized spacial score (nSPS) is 11.7. The highest BCUT2D eigenvalue weighted by Crippen LogP contribution is 2.26. The molecular formula is C22H21ClFN3O3. The largest absolute Gasteiger partial charge is 0.466 e. The smallest absolute Gasteiger partial charge is 0.307 e. The lowest BCUT2D eigenvalue weighted by Crippen LogP contribution is -2.27. The summed E-state index contributed by atoms with van der Waals surface area (Å²) >= 11 is 5.70. The number of benzene rings is 1.